The molecule has 0 amide bonds. The number of aromatic nitrogens is 2. The molecule has 2 aliphatic heterocycles. The van der Waals surface area contributed by atoms with Crippen molar-refractivity contribution in [2.45, 2.75) is 51.0 Å². The zero-order valence-electron chi connectivity index (χ0n) is 22.2. The molecule has 2 fully saturated rings. The van der Waals surface area contributed by atoms with Crippen LogP contribution in [-0.2, 0) is 11.2 Å². The molecule has 2 saturated heterocycles. The van der Waals surface area contributed by atoms with Crippen LogP contribution in [0.25, 0.3) is 0 Å². The first-order valence-corrected chi connectivity index (χ1v) is 14.5. The lowest BCUT2D eigenvalue weighted by atomic mass is 9.87. The van der Waals surface area contributed by atoms with Crippen LogP contribution < -0.4 is 0 Å². The number of benzene rings is 1. The first kappa shape index (κ1) is 26.9. The maximum atomic E-state index is 14.1. The number of hydrogen-bond donors (Lipinski definition) is 1. The van der Waals surface area contributed by atoms with Gasteiger partial charge in [-0.25, -0.2) is 9.37 Å². The number of carboxylic acids is 1. The summed E-state index contributed by atoms with van der Waals surface area (Å²) in [7, 11) is 0. The Morgan fingerprint density at radius 3 is 2.63 bits per heavy atom. The summed E-state index contributed by atoms with van der Waals surface area (Å²) in [5, 5.41) is 11.0. The van der Waals surface area contributed by atoms with Gasteiger partial charge in [0.2, 0.25) is 0 Å². The van der Waals surface area contributed by atoms with Crippen molar-refractivity contribution in [1.82, 2.24) is 19.8 Å². The maximum Gasteiger partial charge on any atom is 0.321 e. The Hall–Kier alpha value is -2.68. The Kier molecular flexibility index (Phi) is 8.51. The number of nitrogens with zero attached hydrogens (tertiary/aromatic N) is 4. The highest BCUT2D eigenvalue weighted by molar-refractivity contribution is 7.11. The summed E-state index contributed by atoms with van der Waals surface area (Å²) in [5.74, 6) is -0.0747. The van der Waals surface area contributed by atoms with Gasteiger partial charge in [-0.1, -0.05) is 32.0 Å². The minimum atomic E-state index is -0.772. The topological polar surface area (TPSA) is 69.6 Å². The van der Waals surface area contributed by atoms with Gasteiger partial charge in [0.15, 0.2) is 0 Å². The Morgan fingerprint density at radius 1 is 1.13 bits per heavy atom. The van der Waals surface area contributed by atoms with Crippen molar-refractivity contribution in [2.75, 3.05) is 32.7 Å². The molecule has 4 heterocycles. The van der Waals surface area contributed by atoms with E-state index < -0.39 is 12.0 Å². The van der Waals surface area contributed by atoms with E-state index in [-0.39, 0.29) is 23.6 Å². The molecule has 3 unspecified atom stereocenters. The van der Waals surface area contributed by atoms with Crippen LogP contribution in [0.4, 0.5) is 4.39 Å². The summed E-state index contributed by atoms with van der Waals surface area (Å²) in [6.07, 6.45) is 6.84. The van der Waals surface area contributed by atoms with Crippen LogP contribution in [0, 0.1) is 17.7 Å². The first-order chi connectivity index (χ1) is 18.4. The lowest BCUT2D eigenvalue weighted by molar-refractivity contribution is -0.144. The second-order valence-corrected chi connectivity index (χ2v) is 12.3. The molecule has 0 radical (unpaired) electrons. The highest BCUT2D eigenvalue weighted by Crippen LogP contribution is 2.38. The SMILES string of the molecule is CC(C)C(C(=O)O)N1CC(CN2CCC(c3cnc(Cc4ccccn4)s3)CC2)C(c2cccc(F)c2)C1. The van der Waals surface area contributed by atoms with Gasteiger partial charge in [-0.05, 0) is 73.5 Å². The van der Waals surface area contributed by atoms with Crippen molar-refractivity contribution in [1.29, 1.82) is 0 Å². The van der Waals surface area contributed by atoms with Crippen molar-refractivity contribution < 1.29 is 14.3 Å². The van der Waals surface area contributed by atoms with Crippen LogP contribution in [0.3, 0.4) is 0 Å². The number of likely N-dealkylation sites (tertiary alicyclic amines) is 2. The fourth-order valence-electron chi connectivity index (χ4n) is 6.28. The van der Waals surface area contributed by atoms with Crippen molar-refractivity contribution in [2.24, 2.45) is 11.8 Å². The van der Waals surface area contributed by atoms with Gasteiger partial charge in [0.1, 0.15) is 11.9 Å². The molecule has 1 aromatic carbocycles. The minimum absolute atomic E-state index is 0.0112. The van der Waals surface area contributed by atoms with Gasteiger partial charge in [-0.2, -0.15) is 0 Å². The summed E-state index contributed by atoms with van der Waals surface area (Å²) in [6, 6.07) is 12.3. The molecule has 3 aromatic rings. The second-order valence-electron chi connectivity index (χ2n) is 11.1. The largest absolute Gasteiger partial charge is 0.480 e. The highest BCUT2D eigenvalue weighted by Gasteiger charge is 2.41. The summed E-state index contributed by atoms with van der Waals surface area (Å²) in [5.41, 5.74) is 2.02. The van der Waals surface area contributed by atoms with Gasteiger partial charge in [-0.3, -0.25) is 14.7 Å². The van der Waals surface area contributed by atoms with E-state index in [1.54, 1.807) is 12.1 Å². The molecule has 3 atom stereocenters. The third kappa shape index (κ3) is 6.30. The van der Waals surface area contributed by atoms with Crippen molar-refractivity contribution >= 4 is 17.3 Å². The van der Waals surface area contributed by atoms with E-state index in [1.165, 1.54) is 10.9 Å². The molecule has 6 nitrogen and oxygen atoms in total. The smallest absolute Gasteiger partial charge is 0.321 e. The molecule has 5 rings (SSSR count). The number of carboxylic acid groups (broad SMARTS) is 1. The number of aliphatic carboxylic acids is 1. The molecule has 2 aliphatic rings. The molecule has 0 bridgehead atoms. The monoisotopic (exact) mass is 536 g/mol. The molecule has 38 heavy (non-hydrogen) atoms. The molecule has 0 saturated carbocycles. The molecule has 202 valence electrons. The van der Waals surface area contributed by atoms with E-state index in [2.05, 4.69) is 26.0 Å². The van der Waals surface area contributed by atoms with Crippen LogP contribution in [-0.4, -0.2) is 69.6 Å². The zero-order valence-corrected chi connectivity index (χ0v) is 23.0. The standard InChI is InChI=1S/C30H37FN4O2S/c1-20(2)29(30(36)37)35-18-23(26(19-35)22-6-5-7-24(31)14-22)17-34-12-9-21(10-13-34)27-16-33-28(38-27)15-25-8-3-4-11-32-25/h3-8,11,14,16,20-21,23,26,29H,9-10,12-13,15,17-19H2,1-2H3,(H,36,37). The van der Waals surface area contributed by atoms with Crippen LogP contribution in [0.5, 0.6) is 0 Å². The predicted octanol–water partition coefficient (Wildman–Crippen LogP) is 5.27. The van der Waals surface area contributed by atoms with Crippen molar-refractivity contribution in [3.05, 3.63) is 81.8 Å². The number of thiazole rings is 1. The lowest BCUT2D eigenvalue weighted by Crippen LogP contribution is -2.44. The zero-order chi connectivity index (χ0) is 26.6. The third-order valence-corrected chi connectivity index (χ3v) is 9.30. The summed E-state index contributed by atoms with van der Waals surface area (Å²) >= 11 is 1.81. The summed E-state index contributed by atoms with van der Waals surface area (Å²) in [4.78, 5) is 27.2. The normalized spacial score (nSPS) is 22.2. The molecular formula is C30H37FN4O2S. The Bertz CT molecular complexity index is 1210. The number of piperidine rings is 1. The summed E-state index contributed by atoms with van der Waals surface area (Å²) in [6.45, 7) is 8.24. The van der Waals surface area contributed by atoms with E-state index in [4.69, 9.17) is 0 Å². The van der Waals surface area contributed by atoms with Crippen molar-refractivity contribution in [3.8, 4) is 0 Å². The molecule has 8 heteroatoms. The first-order valence-electron chi connectivity index (χ1n) is 13.7. The molecular weight excluding hydrogens is 499 g/mol. The van der Waals surface area contributed by atoms with E-state index in [0.29, 0.717) is 12.5 Å². The van der Waals surface area contributed by atoms with Crippen LogP contribution in [0.15, 0.2) is 54.9 Å². The van der Waals surface area contributed by atoms with Crippen molar-refractivity contribution in [3.63, 3.8) is 0 Å². The van der Waals surface area contributed by atoms with E-state index in [0.717, 1.165) is 61.7 Å². The average Bonchev–Trinajstić information content (AvgIpc) is 3.52. The molecule has 0 aliphatic carbocycles. The second kappa shape index (κ2) is 12.0. The Labute approximate surface area is 228 Å². The van der Waals surface area contributed by atoms with Crippen LogP contribution in [0.1, 0.15) is 59.7 Å². The quantitative estimate of drug-likeness (QED) is 0.402. The average molecular weight is 537 g/mol. The lowest BCUT2D eigenvalue weighted by Gasteiger charge is -2.34. The number of rotatable bonds is 9. The van der Waals surface area contributed by atoms with Gasteiger partial charge in [-0.15, -0.1) is 11.3 Å². The molecule has 2 aromatic heterocycles. The van der Waals surface area contributed by atoms with E-state index in [9.17, 15) is 14.3 Å². The van der Waals surface area contributed by atoms with E-state index >= 15 is 0 Å². The Morgan fingerprint density at radius 2 is 1.95 bits per heavy atom. The number of halogens is 1. The minimum Gasteiger partial charge on any atom is -0.480 e. The van der Waals surface area contributed by atoms with Gasteiger partial charge in [0, 0.05) is 54.9 Å². The number of carbonyl (C=O) groups is 1. The van der Waals surface area contributed by atoms with Gasteiger partial charge >= 0.3 is 5.97 Å². The molecule has 1 N–H and O–H groups in total. The van der Waals surface area contributed by atoms with Gasteiger partial charge in [0.05, 0.1) is 5.01 Å². The number of hydrogen-bond acceptors (Lipinski definition) is 6. The fourth-order valence-corrected chi connectivity index (χ4v) is 7.38. The Balaban J connectivity index is 1.22. The highest BCUT2D eigenvalue weighted by atomic mass is 32.1. The van der Waals surface area contributed by atoms with Crippen LogP contribution >= 0.6 is 11.3 Å². The molecule has 0 spiro atoms. The third-order valence-electron chi connectivity index (χ3n) is 8.14. The van der Waals surface area contributed by atoms with Gasteiger partial charge in [0.25, 0.3) is 0 Å². The number of pyridine rings is 1. The summed E-state index contributed by atoms with van der Waals surface area (Å²) < 4.78 is 14.1. The maximum absolute atomic E-state index is 14.1. The van der Waals surface area contributed by atoms with Gasteiger partial charge < -0.3 is 10.0 Å². The predicted molar refractivity (Wildman–Crippen MR) is 148 cm³/mol. The van der Waals surface area contributed by atoms with Crippen LogP contribution in [0.2, 0.25) is 0 Å². The fraction of sp³-hybridized carbons (Fsp3) is 0.500. The van der Waals surface area contributed by atoms with E-state index in [1.807, 2.05) is 55.6 Å².